The molecule has 1 N–H and O–H groups in total. The molecule has 0 unspecified atom stereocenters. The predicted molar refractivity (Wildman–Crippen MR) is 87.5 cm³/mol. The molecule has 0 saturated carbocycles. The molecule has 0 bridgehead atoms. The van der Waals surface area contributed by atoms with Crippen molar-refractivity contribution in [3.8, 4) is 5.75 Å². The summed E-state index contributed by atoms with van der Waals surface area (Å²) in [5, 5.41) is 10.1. The van der Waals surface area contributed by atoms with Crippen LogP contribution in [0.5, 0.6) is 5.75 Å². The summed E-state index contributed by atoms with van der Waals surface area (Å²) < 4.78 is 5.62. The van der Waals surface area contributed by atoms with E-state index in [-0.39, 0.29) is 12.4 Å². The zero-order valence-corrected chi connectivity index (χ0v) is 13.5. The monoisotopic (exact) mass is 305 g/mol. The van der Waals surface area contributed by atoms with Crippen molar-refractivity contribution in [2.24, 2.45) is 0 Å². The van der Waals surface area contributed by atoms with E-state index in [1.165, 1.54) is 25.7 Å². The molecule has 22 heavy (non-hydrogen) atoms. The van der Waals surface area contributed by atoms with Crippen molar-refractivity contribution < 1.29 is 14.6 Å². The first-order valence-electron chi connectivity index (χ1n) is 8.35. The predicted octanol–water partition coefficient (Wildman–Crippen LogP) is 2.90. The van der Waals surface area contributed by atoms with Gasteiger partial charge in [-0.1, -0.05) is 19.8 Å². The van der Waals surface area contributed by atoms with E-state index in [0.29, 0.717) is 24.3 Å². The van der Waals surface area contributed by atoms with Gasteiger partial charge in [0.25, 0.3) is 0 Å². The van der Waals surface area contributed by atoms with Gasteiger partial charge in [0.2, 0.25) is 0 Å². The second-order valence-electron chi connectivity index (χ2n) is 5.98. The first-order chi connectivity index (χ1) is 10.7. The number of benzene rings is 1. The molecule has 0 spiro atoms. The van der Waals surface area contributed by atoms with Gasteiger partial charge in [-0.25, -0.2) is 0 Å². The Morgan fingerprint density at radius 2 is 1.82 bits per heavy atom. The number of nitrogens with zero attached hydrogens (tertiary/aromatic N) is 1. The van der Waals surface area contributed by atoms with Gasteiger partial charge in [0.1, 0.15) is 18.5 Å². The third-order valence-corrected chi connectivity index (χ3v) is 4.11. The van der Waals surface area contributed by atoms with Gasteiger partial charge in [0.05, 0.1) is 0 Å². The summed E-state index contributed by atoms with van der Waals surface area (Å²) in [5.74, 6) is 0.829. The summed E-state index contributed by atoms with van der Waals surface area (Å²) in [4.78, 5) is 13.9. The third kappa shape index (κ3) is 5.43. The lowest BCUT2D eigenvalue weighted by molar-refractivity contribution is 0.0693. The van der Waals surface area contributed by atoms with Gasteiger partial charge in [0.15, 0.2) is 5.78 Å². The van der Waals surface area contributed by atoms with E-state index in [1.54, 1.807) is 24.3 Å². The van der Waals surface area contributed by atoms with Crippen molar-refractivity contribution >= 4 is 5.78 Å². The molecule has 1 atom stereocenters. The fourth-order valence-corrected chi connectivity index (χ4v) is 2.80. The van der Waals surface area contributed by atoms with Crippen LogP contribution in [0, 0.1) is 0 Å². The van der Waals surface area contributed by atoms with Gasteiger partial charge >= 0.3 is 0 Å². The SMILES string of the molecule is CCC(=O)c1ccc(OC[C@@H](O)CN2CCCCCC2)cc1. The molecule has 4 nitrogen and oxygen atoms in total. The summed E-state index contributed by atoms with van der Waals surface area (Å²) >= 11 is 0. The van der Waals surface area contributed by atoms with Crippen LogP contribution in [0.3, 0.4) is 0 Å². The Labute approximate surface area is 133 Å². The van der Waals surface area contributed by atoms with E-state index in [0.717, 1.165) is 13.1 Å². The molecule has 122 valence electrons. The minimum Gasteiger partial charge on any atom is -0.491 e. The van der Waals surface area contributed by atoms with Gasteiger partial charge in [-0.3, -0.25) is 4.79 Å². The average Bonchev–Trinajstić information content (AvgIpc) is 2.81. The average molecular weight is 305 g/mol. The number of carbonyl (C=O) groups excluding carboxylic acids is 1. The number of rotatable bonds is 7. The van der Waals surface area contributed by atoms with E-state index in [2.05, 4.69) is 4.90 Å². The van der Waals surface area contributed by atoms with Gasteiger partial charge in [-0.2, -0.15) is 0 Å². The number of ether oxygens (including phenoxy) is 1. The standard InChI is InChI=1S/C18H27NO3/c1-2-18(21)15-7-9-17(10-8-15)22-14-16(20)13-19-11-5-3-4-6-12-19/h7-10,16,20H,2-6,11-14H2,1H3/t16-/m0/s1. The van der Waals surface area contributed by atoms with Gasteiger partial charge < -0.3 is 14.7 Å². The molecule has 0 aliphatic carbocycles. The van der Waals surface area contributed by atoms with E-state index >= 15 is 0 Å². The van der Waals surface area contributed by atoms with E-state index in [4.69, 9.17) is 4.74 Å². The van der Waals surface area contributed by atoms with Gasteiger partial charge in [-0.15, -0.1) is 0 Å². The van der Waals surface area contributed by atoms with Crippen molar-refractivity contribution in [3.05, 3.63) is 29.8 Å². The maximum atomic E-state index is 11.6. The maximum Gasteiger partial charge on any atom is 0.162 e. The summed E-state index contributed by atoms with van der Waals surface area (Å²) in [5.41, 5.74) is 0.708. The smallest absolute Gasteiger partial charge is 0.162 e. The lowest BCUT2D eigenvalue weighted by atomic mass is 10.1. The number of likely N-dealkylation sites (tertiary alicyclic amines) is 1. The molecule has 2 rings (SSSR count). The molecule has 0 radical (unpaired) electrons. The number of aliphatic hydroxyl groups excluding tert-OH is 1. The maximum absolute atomic E-state index is 11.6. The van der Waals surface area contributed by atoms with Crippen LogP contribution in [0.15, 0.2) is 24.3 Å². The summed E-state index contributed by atoms with van der Waals surface area (Å²) in [6.07, 6.45) is 5.07. The van der Waals surface area contributed by atoms with Gasteiger partial charge in [0, 0.05) is 18.5 Å². The second-order valence-corrected chi connectivity index (χ2v) is 5.98. The molecule has 1 heterocycles. The molecular weight excluding hydrogens is 278 g/mol. The number of β-amino-alcohol motifs (C(OH)–C–C–N with tert-alkyl or cyclic N) is 1. The molecule has 1 fully saturated rings. The number of hydrogen-bond acceptors (Lipinski definition) is 4. The summed E-state index contributed by atoms with van der Waals surface area (Å²) in [7, 11) is 0. The highest BCUT2D eigenvalue weighted by Gasteiger charge is 2.14. The molecule has 4 heteroatoms. The second kappa shape index (κ2) is 8.91. The van der Waals surface area contributed by atoms with Crippen LogP contribution in [-0.2, 0) is 0 Å². The fourth-order valence-electron chi connectivity index (χ4n) is 2.80. The van der Waals surface area contributed by atoms with Crippen LogP contribution < -0.4 is 4.74 Å². The lowest BCUT2D eigenvalue weighted by Crippen LogP contribution is -2.36. The number of ketones is 1. The Hall–Kier alpha value is -1.39. The number of Topliss-reactive ketones (excluding diaryl/α,β-unsaturated/α-hetero) is 1. The first-order valence-corrected chi connectivity index (χ1v) is 8.35. The van der Waals surface area contributed by atoms with E-state index in [9.17, 15) is 9.90 Å². The largest absolute Gasteiger partial charge is 0.491 e. The zero-order chi connectivity index (χ0) is 15.8. The van der Waals surface area contributed by atoms with Crippen LogP contribution in [-0.4, -0.2) is 48.1 Å². The van der Waals surface area contributed by atoms with Crippen molar-refractivity contribution in [2.75, 3.05) is 26.2 Å². The molecule has 1 saturated heterocycles. The summed E-state index contributed by atoms with van der Waals surface area (Å²) in [6, 6.07) is 7.15. The highest BCUT2D eigenvalue weighted by Crippen LogP contribution is 2.14. The van der Waals surface area contributed by atoms with E-state index < -0.39 is 6.10 Å². The fraction of sp³-hybridized carbons (Fsp3) is 0.611. The first kappa shape index (κ1) is 17.0. The highest BCUT2D eigenvalue weighted by atomic mass is 16.5. The van der Waals surface area contributed by atoms with E-state index in [1.807, 2.05) is 6.92 Å². The Balaban J connectivity index is 1.75. The summed E-state index contributed by atoms with van der Waals surface area (Å²) in [6.45, 7) is 4.96. The Kier molecular flexibility index (Phi) is 6.87. The molecule has 0 aromatic heterocycles. The molecule has 1 aliphatic rings. The minimum absolute atomic E-state index is 0.132. The molecule has 1 aromatic rings. The van der Waals surface area contributed by atoms with Crippen molar-refractivity contribution in [1.82, 2.24) is 4.90 Å². The van der Waals surface area contributed by atoms with Crippen LogP contribution in [0.25, 0.3) is 0 Å². The minimum atomic E-state index is -0.477. The molecular formula is C18H27NO3. The molecule has 0 amide bonds. The topological polar surface area (TPSA) is 49.8 Å². The molecule has 1 aromatic carbocycles. The van der Waals surface area contributed by atoms with Crippen LogP contribution in [0.2, 0.25) is 0 Å². The Morgan fingerprint density at radius 3 is 2.41 bits per heavy atom. The zero-order valence-electron chi connectivity index (χ0n) is 13.5. The number of hydrogen-bond donors (Lipinski definition) is 1. The van der Waals surface area contributed by atoms with Crippen LogP contribution in [0.4, 0.5) is 0 Å². The normalized spacial score (nSPS) is 17.7. The quantitative estimate of drug-likeness (QED) is 0.787. The highest BCUT2D eigenvalue weighted by molar-refractivity contribution is 5.95. The van der Waals surface area contributed by atoms with Crippen molar-refractivity contribution in [2.45, 2.75) is 45.1 Å². The van der Waals surface area contributed by atoms with Crippen molar-refractivity contribution in [3.63, 3.8) is 0 Å². The Morgan fingerprint density at radius 1 is 1.18 bits per heavy atom. The lowest BCUT2D eigenvalue weighted by Gasteiger charge is -2.23. The molecule has 1 aliphatic heterocycles. The van der Waals surface area contributed by atoms with Crippen molar-refractivity contribution in [1.29, 1.82) is 0 Å². The third-order valence-electron chi connectivity index (χ3n) is 4.11. The number of carbonyl (C=O) groups is 1. The van der Waals surface area contributed by atoms with Crippen LogP contribution in [0.1, 0.15) is 49.4 Å². The van der Waals surface area contributed by atoms with Crippen LogP contribution >= 0.6 is 0 Å². The van der Waals surface area contributed by atoms with Gasteiger partial charge in [-0.05, 0) is 50.2 Å². The number of aliphatic hydroxyl groups is 1. The Bertz CT molecular complexity index is 450.